The largest absolute Gasteiger partial charge is 0.481 e. The molecular formula is C17H16O3S. The first kappa shape index (κ1) is 14.1. The van der Waals surface area contributed by atoms with E-state index in [-0.39, 0.29) is 12.2 Å². The van der Waals surface area contributed by atoms with Gasteiger partial charge in [-0.2, -0.15) is 0 Å². The lowest BCUT2D eigenvalue weighted by Crippen LogP contribution is -2.17. The van der Waals surface area contributed by atoms with E-state index in [0.717, 1.165) is 16.1 Å². The topological polar surface area (TPSA) is 54.4 Å². The summed E-state index contributed by atoms with van der Waals surface area (Å²) >= 11 is 1.56. The van der Waals surface area contributed by atoms with Crippen LogP contribution in [-0.4, -0.2) is 16.9 Å². The Morgan fingerprint density at radius 2 is 2.10 bits per heavy atom. The summed E-state index contributed by atoms with van der Waals surface area (Å²) < 4.78 is 0. The highest BCUT2D eigenvalue weighted by Gasteiger charge is 2.29. The number of Topliss-reactive ketones (excluding diaryl/α,β-unsaturated/α-hetero) is 1. The Balaban J connectivity index is 2.06. The van der Waals surface area contributed by atoms with E-state index >= 15 is 0 Å². The Morgan fingerprint density at radius 1 is 1.33 bits per heavy atom. The lowest BCUT2D eigenvalue weighted by atomic mass is 9.90. The predicted octanol–water partition coefficient (Wildman–Crippen LogP) is 3.58. The van der Waals surface area contributed by atoms with Crippen LogP contribution in [0.4, 0.5) is 0 Å². The average Bonchev–Trinajstić information content (AvgIpc) is 2.45. The summed E-state index contributed by atoms with van der Waals surface area (Å²) in [7, 11) is 0. The van der Waals surface area contributed by atoms with Gasteiger partial charge in [0.1, 0.15) is 0 Å². The molecule has 1 N–H and O–H groups in total. The maximum absolute atomic E-state index is 12.2. The molecule has 3 rings (SSSR count). The maximum Gasteiger partial charge on any atom is 0.307 e. The highest BCUT2D eigenvalue weighted by atomic mass is 32.2. The zero-order valence-electron chi connectivity index (χ0n) is 12.0. The summed E-state index contributed by atoms with van der Waals surface area (Å²) in [6.45, 7) is 4.15. The van der Waals surface area contributed by atoms with Crippen LogP contribution in [0.2, 0.25) is 0 Å². The molecule has 1 aliphatic carbocycles. The van der Waals surface area contributed by atoms with E-state index in [0.29, 0.717) is 12.8 Å². The van der Waals surface area contributed by atoms with Gasteiger partial charge in [-0.05, 0) is 36.1 Å². The van der Waals surface area contributed by atoms with E-state index in [1.807, 2.05) is 0 Å². The van der Waals surface area contributed by atoms with Crippen LogP contribution in [0, 0.1) is 13.8 Å². The molecule has 0 unspecified atom stereocenters. The number of ketones is 1. The summed E-state index contributed by atoms with van der Waals surface area (Å²) in [6, 6.07) is 4.17. The Hall–Kier alpha value is -1.81. The van der Waals surface area contributed by atoms with Gasteiger partial charge >= 0.3 is 5.97 Å². The number of fused-ring (bicyclic) bond motifs is 1. The molecule has 3 nitrogen and oxygen atoms in total. The van der Waals surface area contributed by atoms with Crippen molar-refractivity contribution in [2.75, 3.05) is 0 Å². The number of thioether (sulfide) groups is 1. The van der Waals surface area contributed by atoms with E-state index in [4.69, 9.17) is 5.11 Å². The summed E-state index contributed by atoms with van der Waals surface area (Å²) in [6.07, 6.45) is 2.70. The molecule has 2 aliphatic rings. The number of aliphatic carboxylic acids is 1. The third-order valence-corrected chi connectivity index (χ3v) is 5.59. The quantitative estimate of drug-likeness (QED) is 0.907. The molecule has 1 aliphatic heterocycles. The number of rotatable bonds is 2. The molecule has 1 heterocycles. The third-order valence-electron chi connectivity index (χ3n) is 4.11. The minimum atomic E-state index is -0.852. The number of aryl methyl sites for hydroxylation is 1. The molecule has 4 heteroatoms. The highest BCUT2D eigenvalue weighted by molar-refractivity contribution is 8.03. The Kier molecular flexibility index (Phi) is 3.49. The normalized spacial score (nSPS) is 17.2. The third kappa shape index (κ3) is 2.44. The first-order valence-corrected chi connectivity index (χ1v) is 7.73. The van der Waals surface area contributed by atoms with Gasteiger partial charge in [0, 0.05) is 28.2 Å². The van der Waals surface area contributed by atoms with Gasteiger partial charge in [0.25, 0.3) is 0 Å². The molecule has 21 heavy (non-hydrogen) atoms. The van der Waals surface area contributed by atoms with Crippen molar-refractivity contribution in [2.45, 2.75) is 38.0 Å². The first-order chi connectivity index (χ1) is 9.97. The lowest BCUT2D eigenvalue weighted by molar-refractivity contribution is -0.136. The molecule has 0 radical (unpaired) electrons. The van der Waals surface area contributed by atoms with Crippen molar-refractivity contribution in [1.29, 1.82) is 0 Å². The van der Waals surface area contributed by atoms with Crippen LogP contribution in [0.25, 0.3) is 0 Å². The van der Waals surface area contributed by atoms with E-state index in [1.165, 1.54) is 21.6 Å². The minimum absolute atomic E-state index is 0.0146. The van der Waals surface area contributed by atoms with Crippen LogP contribution in [0.15, 0.2) is 39.2 Å². The van der Waals surface area contributed by atoms with Gasteiger partial charge in [-0.25, -0.2) is 0 Å². The van der Waals surface area contributed by atoms with E-state index in [1.54, 1.807) is 17.8 Å². The van der Waals surface area contributed by atoms with Gasteiger partial charge in [-0.15, -0.1) is 0 Å². The fourth-order valence-electron chi connectivity index (χ4n) is 2.79. The summed E-state index contributed by atoms with van der Waals surface area (Å²) in [5.74, 6) is -0.731. The molecule has 0 amide bonds. The molecular weight excluding hydrogens is 284 g/mol. The number of allylic oxidation sites excluding steroid dienone is 3. The molecule has 0 saturated carbocycles. The van der Waals surface area contributed by atoms with Crippen molar-refractivity contribution in [3.8, 4) is 0 Å². The van der Waals surface area contributed by atoms with Gasteiger partial charge in [0.15, 0.2) is 5.78 Å². The van der Waals surface area contributed by atoms with Gasteiger partial charge in [-0.1, -0.05) is 30.0 Å². The molecule has 1 aromatic carbocycles. The van der Waals surface area contributed by atoms with Crippen LogP contribution >= 0.6 is 11.8 Å². The summed E-state index contributed by atoms with van der Waals surface area (Å²) in [4.78, 5) is 25.2. The van der Waals surface area contributed by atoms with E-state index in [2.05, 4.69) is 26.0 Å². The maximum atomic E-state index is 12.2. The Bertz CT molecular complexity index is 726. The molecule has 0 saturated heterocycles. The number of carboxylic acid groups (broad SMARTS) is 1. The number of carbonyl (C=O) groups is 2. The van der Waals surface area contributed by atoms with Crippen LogP contribution < -0.4 is 0 Å². The van der Waals surface area contributed by atoms with Gasteiger partial charge in [-0.3, -0.25) is 9.59 Å². The monoisotopic (exact) mass is 300 g/mol. The molecule has 0 atom stereocenters. The molecule has 0 aromatic heterocycles. The molecule has 1 aromatic rings. The van der Waals surface area contributed by atoms with Crippen molar-refractivity contribution < 1.29 is 14.7 Å². The first-order valence-electron chi connectivity index (χ1n) is 6.92. The fraction of sp³-hybridized carbons (Fsp3) is 0.294. The standard InChI is InChI=1S/C17H16O3S/c1-9-3-4-11-7-13-14(18)6-5-12(8-15(19)20)17(13)21-16(11)10(9)2/h3-5H,6-8H2,1-2H3,(H,19,20). The molecule has 0 fully saturated rings. The second-order valence-electron chi connectivity index (χ2n) is 5.51. The van der Waals surface area contributed by atoms with Gasteiger partial charge in [0.05, 0.1) is 6.42 Å². The summed E-state index contributed by atoms with van der Waals surface area (Å²) in [5.41, 5.74) is 5.18. The van der Waals surface area contributed by atoms with E-state index < -0.39 is 5.97 Å². The van der Waals surface area contributed by atoms with Gasteiger partial charge in [0.2, 0.25) is 0 Å². The van der Waals surface area contributed by atoms with Crippen LogP contribution in [0.5, 0.6) is 0 Å². The van der Waals surface area contributed by atoms with Crippen molar-refractivity contribution >= 4 is 23.5 Å². The van der Waals surface area contributed by atoms with Crippen LogP contribution in [-0.2, 0) is 16.0 Å². The SMILES string of the molecule is Cc1ccc2c(c1C)SC1=C(C2)C(=O)CC=C1CC(=O)O. The predicted molar refractivity (Wildman–Crippen MR) is 82.5 cm³/mol. The second-order valence-corrected chi connectivity index (χ2v) is 6.53. The smallest absolute Gasteiger partial charge is 0.307 e. The number of carboxylic acids is 1. The fourth-order valence-corrected chi connectivity index (χ4v) is 4.18. The summed E-state index contributed by atoms with van der Waals surface area (Å²) in [5, 5.41) is 9.06. The molecule has 0 bridgehead atoms. The second kappa shape index (κ2) is 5.19. The van der Waals surface area contributed by atoms with Crippen molar-refractivity contribution in [1.82, 2.24) is 0 Å². The van der Waals surface area contributed by atoms with Gasteiger partial charge < -0.3 is 5.11 Å². The minimum Gasteiger partial charge on any atom is -0.481 e. The van der Waals surface area contributed by atoms with Crippen molar-refractivity contribution in [2.24, 2.45) is 0 Å². The van der Waals surface area contributed by atoms with Crippen LogP contribution in [0.3, 0.4) is 0 Å². The zero-order chi connectivity index (χ0) is 15.1. The number of hydrogen-bond acceptors (Lipinski definition) is 3. The van der Waals surface area contributed by atoms with Crippen molar-refractivity contribution in [3.05, 3.63) is 51.0 Å². The Morgan fingerprint density at radius 3 is 2.81 bits per heavy atom. The van der Waals surface area contributed by atoms with E-state index in [9.17, 15) is 9.59 Å². The number of hydrogen-bond donors (Lipinski definition) is 1. The Labute approximate surface area is 127 Å². The molecule has 108 valence electrons. The number of carbonyl (C=O) groups excluding carboxylic acids is 1. The zero-order valence-corrected chi connectivity index (χ0v) is 12.8. The van der Waals surface area contributed by atoms with Crippen molar-refractivity contribution in [3.63, 3.8) is 0 Å². The van der Waals surface area contributed by atoms with Crippen LogP contribution in [0.1, 0.15) is 29.5 Å². The lowest BCUT2D eigenvalue weighted by Gasteiger charge is -2.27. The average molecular weight is 300 g/mol. The number of benzene rings is 1. The molecule has 0 spiro atoms. The highest BCUT2D eigenvalue weighted by Crippen LogP contribution is 2.46.